The van der Waals surface area contributed by atoms with E-state index in [0.29, 0.717) is 11.3 Å². The Kier molecular flexibility index (Phi) is 4.39. The zero-order valence-electron chi connectivity index (χ0n) is 11.4. The van der Waals surface area contributed by atoms with E-state index in [0.717, 1.165) is 0 Å². The average molecular weight is 309 g/mol. The van der Waals surface area contributed by atoms with Crippen LogP contribution in [0, 0.1) is 0 Å². The molecule has 0 atom stereocenters. The molecule has 1 aromatic heterocycles. The first-order chi connectivity index (χ1) is 9.85. The molecule has 0 aliphatic rings. The molecule has 2 rings (SSSR count). The Morgan fingerprint density at radius 3 is 2.76 bits per heavy atom. The van der Waals surface area contributed by atoms with Gasteiger partial charge in [-0.1, -0.05) is 12.1 Å². The van der Waals surface area contributed by atoms with Crippen LogP contribution in [0.1, 0.15) is 21.6 Å². The molecule has 0 saturated carbocycles. The van der Waals surface area contributed by atoms with Gasteiger partial charge in [0.25, 0.3) is 0 Å². The third-order valence-corrected chi connectivity index (χ3v) is 4.07. The lowest BCUT2D eigenvalue weighted by atomic mass is 10.1. The first-order valence-electron chi connectivity index (χ1n) is 6.14. The number of carbonyl (C=O) groups is 1. The van der Waals surface area contributed by atoms with Crippen LogP contribution >= 0.6 is 0 Å². The Morgan fingerprint density at radius 1 is 1.38 bits per heavy atom. The third-order valence-electron chi connectivity index (χ3n) is 2.77. The number of nitrogens with zero attached hydrogens (tertiary/aromatic N) is 2. The lowest BCUT2D eigenvalue weighted by Gasteiger charge is -2.06. The van der Waals surface area contributed by atoms with E-state index >= 15 is 0 Å². The van der Waals surface area contributed by atoms with E-state index in [4.69, 9.17) is 5.11 Å². The van der Waals surface area contributed by atoms with Gasteiger partial charge >= 0.3 is 5.97 Å². The van der Waals surface area contributed by atoms with Gasteiger partial charge in [-0.15, -0.1) is 0 Å². The molecule has 21 heavy (non-hydrogen) atoms. The Labute approximate surface area is 122 Å². The van der Waals surface area contributed by atoms with Gasteiger partial charge in [-0.05, 0) is 23.8 Å². The fourth-order valence-electron chi connectivity index (χ4n) is 1.81. The molecule has 0 spiro atoms. The predicted octanol–water partition coefficient (Wildman–Crippen LogP) is 0.738. The maximum Gasteiger partial charge on any atom is 0.335 e. The highest BCUT2D eigenvalue weighted by Crippen LogP contribution is 2.09. The van der Waals surface area contributed by atoms with Crippen LogP contribution in [0.2, 0.25) is 0 Å². The smallest absolute Gasteiger partial charge is 0.335 e. The van der Waals surface area contributed by atoms with Crippen molar-refractivity contribution >= 4 is 16.0 Å². The molecule has 0 unspecified atom stereocenters. The monoisotopic (exact) mass is 309 g/mol. The minimum Gasteiger partial charge on any atom is -0.478 e. The Hall–Kier alpha value is -2.19. The normalized spacial score (nSPS) is 11.5. The molecular formula is C13H15N3O4S. The van der Waals surface area contributed by atoms with Gasteiger partial charge in [0, 0.05) is 13.2 Å². The van der Waals surface area contributed by atoms with Crippen molar-refractivity contribution in [3.63, 3.8) is 0 Å². The van der Waals surface area contributed by atoms with Crippen LogP contribution < -0.4 is 4.72 Å². The Balaban J connectivity index is 2.03. The van der Waals surface area contributed by atoms with Crippen LogP contribution in [0.4, 0.5) is 0 Å². The largest absolute Gasteiger partial charge is 0.478 e. The third kappa shape index (κ3) is 4.40. The van der Waals surface area contributed by atoms with Gasteiger partial charge in [0.1, 0.15) is 0 Å². The lowest BCUT2D eigenvalue weighted by molar-refractivity contribution is 0.0696. The number of hydrogen-bond acceptors (Lipinski definition) is 4. The summed E-state index contributed by atoms with van der Waals surface area (Å²) in [6.07, 6.45) is 1.72. The van der Waals surface area contributed by atoms with Crippen molar-refractivity contribution in [1.29, 1.82) is 0 Å². The second-order valence-corrected chi connectivity index (χ2v) is 6.37. The molecule has 7 nitrogen and oxygen atoms in total. The second kappa shape index (κ2) is 6.06. The van der Waals surface area contributed by atoms with E-state index in [2.05, 4.69) is 9.82 Å². The first kappa shape index (κ1) is 15.2. The summed E-state index contributed by atoms with van der Waals surface area (Å²) in [5.41, 5.74) is 1.09. The van der Waals surface area contributed by atoms with Crippen molar-refractivity contribution in [3.8, 4) is 0 Å². The number of nitrogens with one attached hydrogen (secondary N) is 1. The molecule has 0 aliphatic heterocycles. The minimum absolute atomic E-state index is 0.0624. The quantitative estimate of drug-likeness (QED) is 0.819. The summed E-state index contributed by atoms with van der Waals surface area (Å²) in [5.74, 6) is -1.36. The maximum atomic E-state index is 12.0. The minimum atomic E-state index is -3.56. The van der Waals surface area contributed by atoms with Crippen molar-refractivity contribution in [2.45, 2.75) is 12.3 Å². The number of carboxylic acids is 1. The molecule has 112 valence electrons. The van der Waals surface area contributed by atoms with E-state index in [9.17, 15) is 13.2 Å². The molecule has 0 bridgehead atoms. The van der Waals surface area contributed by atoms with Crippen LogP contribution in [0.5, 0.6) is 0 Å². The molecule has 8 heteroatoms. The van der Waals surface area contributed by atoms with Crippen LogP contribution in [0.3, 0.4) is 0 Å². The zero-order valence-corrected chi connectivity index (χ0v) is 12.2. The van der Waals surface area contributed by atoms with Gasteiger partial charge in [-0.2, -0.15) is 5.10 Å². The molecule has 2 aromatic rings. The number of hydrogen-bond donors (Lipinski definition) is 2. The molecule has 1 aromatic carbocycles. The van der Waals surface area contributed by atoms with Crippen molar-refractivity contribution < 1.29 is 18.3 Å². The van der Waals surface area contributed by atoms with E-state index in [1.165, 1.54) is 18.2 Å². The lowest BCUT2D eigenvalue weighted by Crippen LogP contribution is -2.25. The van der Waals surface area contributed by atoms with Gasteiger partial charge < -0.3 is 5.11 Å². The average Bonchev–Trinajstić information content (AvgIpc) is 2.82. The number of aromatic carboxylic acids is 1. The molecule has 0 fully saturated rings. The number of carboxylic acid groups (broad SMARTS) is 1. The maximum absolute atomic E-state index is 12.0. The number of aryl methyl sites for hydroxylation is 1. The van der Waals surface area contributed by atoms with E-state index in [1.807, 2.05) is 0 Å². The second-order valence-electron chi connectivity index (χ2n) is 4.57. The van der Waals surface area contributed by atoms with Crippen LogP contribution in [-0.2, 0) is 29.4 Å². The summed E-state index contributed by atoms with van der Waals surface area (Å²) in [6, 6.07) is 7.58. The topological polar surface area (TPSA) is 101 Å². The standard InChI is InChI=1S/C13H15N3O4S/c1-16-6-5-12(15-16)8-14-21(19,20)9-10-3-2-4-11(7-10)13(17)18/h2-7,14H,8-9H2,1H3,(H,17,18). The molecule has 0 radical (unpaired) electrons. The molecule has 0 amide bonds. The van der Waals surface area contributed by atoms with Crippen molar-refractivity contribution in [1.82, 2.24) is 14.5 Å². The van der Waals surface area contributed by atoms with Crippen molar-refractivity contribution in [2.24, 2.45) is 7.05 Å². The highest BCUT2D eigenvalue weighted by atomic mass is 32.2. The van der Waals surface area contributed by atoms with E-state index in [-0.39, 0.29) is 17.9 Å². The van der Waals surface area contributed by atoms with E-state index < -0.39 is 16.0 Å². The molecular weight excluding hydrogens is 294 g/mol. The summed E-state index contributed by atoms with van der Waals surface area (Å²) in [7, 11) is -1.81. The van der Waals surface area contributed by atoms with Gasteiger partial charge in [0.15, 0.2) is 0 Å². The van der Waals surface area contributed by atoms with Crippen molar-refractivity contribution in [3.05, 3.63) is 53.3 Å². The summed E-state index contributed by atoms with van der Waals surface area (Å²) >= 11 is 0. The fourth-order valence-corrected chi connectivity index (χ4v) is 2.89. The fraction of sp³-hybridized carbons (Fsp3) is 0.231. The van der Waals surface area contributed by atoms with Crippen LogP contribution in [-0.4, -0.2) is 29.3 Å². The highest BCUT2D eigenvalue weighted by molar-refractivity contribution is 7.88. The molecule has 1 heterocycles. The van der Waals surface area contributed by atoms with Gasteiger partial charge in [-0.3, -0.25) is 4.68 Å². The Bertz CT molecular complexity index is 752. The van der Waals surface area contributed by atoms with Crippen LogP contribution in [0.15, 0.2) is 36.5 Å². The first-order valence-corrected chi connectivity index (χ1v) is 7.79. The van der Waals surface area contributed by atoms with Crippen molar-refractivity contribution in [2.75, 3.05) is 0 Å². The Morgan fingerprint density at radius 2 is 2.14 bits per heavy atom. The zero-order chi connectivity index (χ0) is 15.5. The summed E-state index contributed by atoms with van der Waals surface area (Å²) in [6.45, 7) is 0.0990. The number of aromatic nitrogens is 2. The molecule has 2 N–H and O–H groups in total. The van der Waals surface area contributed by atoms with Gasteiger partial charge in [0.2, 0.25) is 10.0 Å². The van der Waals surface area contributed by atoms with Gasteiger partial charge in [-0.25, -0.2) is 17.9 Å². The number of sulfonamides is 1. The molecule has 0 saturated heterocycles. The summed E-state index contributed by atoms with van der Waals surface area (Å²) in [4.78, 5) is 10.9. The highest BCUT2D eigenvalue weighted by Gasteiger charge is 2.13. The predicted molar refractivity (Wildman–Crippen MR) is 76.1 cm³/mol. The summed E-state index contributed by atoms with van der Waals surface area (Å²) in [5, 5.41) is 13.0. The SMILES string of the molecule is Cn1ccc(CNS(=O)(=O)Cc2cccc(C(=O)O)c2)n1. The number of benzene rings is 1. The number of rotatable bonds is 6. The summed E-state index contributed by atoms with van der Waals surface area (Å²) < 4.78 is 28.0. The van der Waals surface area contributed by atoms with Gasteiger partial charge in [0.05, 0.1) is 23.6 Å². The van der Waals surface area contributed by atoms with Crippen LogP contribution in [0.25, 0.3) is 0 Å². The van der Waals surface area contributed by atoms with E-state index in [1.54, 1.807) is 30.1 Å². The molecule has 0 aliphatic carbocycles.